The number of rotatable bonds is 6. The van der Waals surface area contributed by atoms with Gasteiger partial charge in [-0.25, -0.2) is 19.9 Å². The second kappa shape index (κ2) is 8.72. The number of aromatic nitrogens is 6. The van der Waals surface area contributed by atoms with E-state index in [1.54, 1.807) is 0 Å². The van der Waals surface area contributed by atoms with Gasteiger partial charge in [0, 0.05) is 16.0 Å². The van der Waals surface area contributed by atoms with Crippen LogP contribution in [0.1, 0.15) is 21.9 Å². The summed E-state index contributed by atoms with van der Waals surface area (Å²) in [5.74, 6) is -0.325. The maximum atomic E-state index is 13.0. The van der Waals surface area contributed by atoms with Crippen molar-refractivity contribution in [2.24, 2.45) is 0 Å². The first kappa shape index (κ1) is 19.6. The zero-order chi connectivity index (χ0) is 20.2. The predicted molar refractivity (Wildman–Crippen MR) is 113 cm³/mol. The maximum absolute atomic E-state index is 13.0. The van der Waals surface area contributed by atoms with Crippen LogP contribution in [0.15, 0.2) is 62.1 Å². The summed E-state index contributed by atoms with van der Waals surface area (Å²) < 4.78 is 0. The number of anilines is 1. The van der Waals surface area contributed by atoms with E-state index in [-0.39, 0.29) is 5.91 Å². The molecular formula is C18H15N7OS3. The quantitative estimate of drug-likeness (QED) is 0.458. The Hall–Kier alpha value is -2.76. The molecule has 0 bridgehead atoms. The van der Waals surface area contributed by atoms with Crippen molar-refractivity contribution < 1.29 is 4.79 Å². The van der Waals surface area contributed by atoms with Crippen molar-refractivity contribution in [3.8, 4) is 0 Å². The van der Waals surface area contributed by atoms with Gasteiger partial charge in [-0.3, -0.25) is 15.2 Å². The fraction of sp³-hybridized carbons (Fsp3) is 0.111. The molecule has 146 valence electrons. The topological polar surface area (TPSA) is 109 Å². The lowest BCUT2D eigenvalue weighted by Crippen LogP contribution is -2.15. The van der Waals surface area contributed by atoms with Gasteiger partial charge in [0.05, 0.1) is 5.69 Å². The second-order valence-electron chi connectivity index (χ2n) is 5.86. The maximum Gasteiger partial charge on any atom is 0.277 e. The Balaban J connectivity index is 1.65. The largest absolute Gasteiger partial charge is 0.296 e. The predicted octanol–water partition coefficient (Wildman–Crippen LogP) is 4.22. The van der Waals surface area contributed by atoms with Crippen LogP contribution in [0.5, 0.6) is 0 Å². The average molecular weight is 442 g/mol. The van der Waals surface area contributed by atoms with Gasteiger partial charge in [-0.1, -0.05) is 17.8 Å². The summed E-state index contributed by atoms with van der Waals surface area (Å²) in [7, 11) is 0. The second-order valence-corrected chi connectivity index (χ2v) is 8.79. The van der Waals surface area contributed by atoms with Crippen molar-refractivity contribution in [3.63, 3.8) is 0 Å². The molecule has 4 aromatic heterocycles. The Morgan fingerprint density at radius 2 is 1.90 bits per heavy atom. The van der Waals surface area contributed by atoms with Crippen molar-refractivity contribution in [3.05, 3.63) is 59.1 Å². The summed E-state index contributed by atoms with van der Waals surface area (Å²) in [4.78, 5) is 31.1. The Kier molecular flexibility index (Phi) is 5.88. The molecule has 0 aliphatic rings. The highest BCUT2D eigenvalue weighted by Crippen LogP contribution is 2.32. The minimum absolute atomic E-state index is 0.302. The van der Waals surface area contributed by atoms with Crippen molar-refractivity contribution >= 4 is 45.9 Å². The van der Waals surface area contributed by atoms with Crippen LogP contribution in [0.25, 0.3) is 0 Å². The summed E-state index contributed by atoms with van der Waals surface area (Å²) in [5.41, 5.74) is 2.06. The lowest BCUT2D eigenvalue weighted by molar-refractivity contribution is 0.101. The number of nitrogens with one attached hydrogen (secondary N) is 2. The fourth-order valence-corrected chi connectivity index (χ4v) is 4.61. The SMILES string of the molecule is Cc1cccc(Sc2ccc(Sc3ncn[nH]3)nc2C(=O)Nc2nc(C)cs2)n1. The summed E-state index contributed by atoms with van der Waals surface area (Å²) in [6.07, 6.45) is 1.42. The van der Waals surface area contributed by atoms with E-state index >= 15 is 0 Å². The van der Waals surface area contributed by atoms with Gasteiger partial charge in [-0.2, -0.15) is 5.10 Å². The van der Waals surface area contributed by atoms with E-state index in [1.807, 2.05) is 49.6 Å². The van der Waals surface area contributed by atoms with Crippen LogP contribution < -0.4 is 5.32 Å². The van der Waals surface area contributed by atoms with Crippen LogP contribution in [0.3, 0.4) is 0 Å². The van der Waals surface area contributed by atoms with Gasteiger partial charge in [-0.15, -0.1) is 11.3 Å². The lowest BCUT2D eigenvalue weighted by atomic mass is 10.3. The van der Waals surface area contributed by atoms with E-state index < -0.39 is 0 Å². The zero-order valence-corrected chi connectivity index (χ0v) is 17.9. The van der Waals surface area contributed by atoms with Gasteiger partial charge in [0.1, 0.15) is 22.1 Å². The number of aromatic amines is 1. The lowest BCUT2D eigenvalue weighted by Gasteiger charge is -2.09. The minimum Gasteiger partial charge on any atom is -0.296 e. The number of carbonyl (C=O) groups is 1. The molecule has 11 heteroatoms. The number of thiazole rings is 1. The number of hydrogen-bond donors (Lipinski definition) is 2. The van der Waals surface area contributed by atoms with Crippen LogP contribution in [0, 0.1) is 13.8 Å². The van der Waals surface area contributed by atoms with E-state index in [9.17, 15) is 4.79 Å². The van der Waals surface area contributed by atoms with Gasteiger partial charge in [-0.05, 0) is 49.9 Å². The first-order valence-electron chi connectivity index (χ1n) is 8.46. The smallest absolute Gasteiger partial charge is 0.277 e. The third kappa shape index (κ3) is 5.00. The molecule has 8 nitrogen and oxygen atoms in total. The van der Waals surface area contributed by atoms with Crippen molar-refractivity contribution in [1.82, 2.24) is 30.1 Å². The molecule has 0 aliphatic carbocycles. The summed E-state index contributed by atoms with van der Waals surface area (Å²) >= 11 is 4.06. The number of pyridine rings is 2. The minimum atomic E-state index is -0.325. The monoisotopic (exact) mass is 441 g/mol. The van der Waals surface area contributed by atoms with Crippen molar-refractivity contribution in [1.29, 1.82) is 0 Å². The Morgan fingerprint density at radius 1 is 1.03 bits per heavy atom. The van der Waals surface area contributed by atoms with Crippen LogP contribution >= 0.6 is 34.9 Å². The highest BCUT2D eigenvalue weighted by Gasteiger charge is 2.18. The van der Waals surface area contributed by atoms with Gasteiger partial charge >= 0.3 is 0 Å². The van der Waals surface area contributed by atoms with E-state index in [0.717, 1.165) is 16.4 Å². The molecule has 29 heavy (non-hydrogen) atoms. The zero-order valence-electron chi connectivity index (χ0n) is 15.4. The van der Waals surface area contributed by atoms with E-state index in [2.05, 4.69) is 35.5 Å². The molecule has 2 N–H and O–H groups in total. The number of nitrogens with zero attached hydrogens (tertiary/aromatic N) is 5. The van der Waals surface area contributed by atoms with Crippen molar-refractivity contribution in [2.75, 3.05) is 5.32 Å². The summed E-state index contributed by atoms with van der Waals surface area (Å²) in [6.45, 7) is 3.81. The number of carbonyl (C=O) groups excluding carboxylic acids is 1. The molecule has 0 aromatic carbocycles. The number of H-pyrrole nitrogens is 1. The van der Waals surface area contributed by atoms with Crippen LogP contribution in [0.2, 0.25) is 0 Å². The normalized spacial score (nSPS) is 10.8. The number of hydrogen-bond acceptors (Lipinski definition) is 9. The molecule has 0 aliphatic heterocycles. The molecule has 4 aromatic rings. The average Bonchev–Trinajstić information content (AvgIpc) is 3.34. The molecule has 0 atom stereocenters. The first-order chi connectivity index (χ1) is 14.1. The van der Waals surface area contributed by atoms with E-state index in [0.29, 0.717) is 25.9 Å². The van der Waals surface area contributed by atoms with Crippen LogP contribution in [-0.2, 0) is 0 Å². The number of aryl methyl sites for hydroxylation is 2. The molecule has 0 saturated heterocycles. The van der Waals surface area contributed by atoms with Gasteiger partial charge < -0.3 is 0 Å². The standard InChI is InChI=1S/C18H15N7OS3/c1-10-4-3-5-13(21-10)28-12-6-7-14(29-17-19-9-20-25-17)23-15(12)16(26)24-18-22-11(2)8-27-18/h3-9H,1-2H3,(H,19,20,25)(H,22,24,26). The molecule has 4 heterocycles. The molecule has 0 saturated carbocycles. The molecule has 1 amide bonds. The summed E-state index contributed by atoms with van der Waals surface area (Å²) in [5, 5.41) is 13.9. The molecule has 0 spiro atoms. The highest BCUT2D eigenvalue weighted by molar-refractivity contribution is 7.99. The van der Waals surface area contributed by atoms with E-state index in [1.165, 1.54) is 41.2 Å². The number of amides is 1. The van der Waals surface area contributed by atoms with Gasteiger partial charge in [0.15, 0.2) is 10.3 Å². The van der Waals surface area contributed by atoms with Crippen LogP contribution in [-0.4, -0.2) is 36.0 Å². The van der Waals surface area contributed by atoms with Gasteiger partial charge in [0.25, 0.3) is 5.91 Å². The summed E-state index contributed by atoms with van der Waals surface area (Å²) in [6, 6.07) is 9.47. The van der Waals surface area contributed by atoms with Crippen LogP contribution in [0.4, 0.5) is 5.13 Å². The highest BCUT2D eigenvalue weighted by atomic mass is 32.2. The van der Waals surface area contributed by atoms with E-state index in [4.69, 9.17) is 0 Å². The van der Waals surface area contributed by atoms with Gasteiger partial charge in [0.2, 0.25) is 0 Å². The fourth-order valence-electron chi connectivity index (χ4n) is 2.33. The Morgan fingerprint density at radius 3 is 2.62 bits per heavy atom. The van der Waals surface area contributed by atoms with Crippen molar-refractivity contribution in [2.45, 2.75) is 34.0 Å². The molecule has 0 fully saturated rings. The molecule has 0 unspecified atom stereocenters. The third-order valence-corrected chi connectivity index (χ3v) is 6.25. The molecular weight excluding hydrogens is 426 g/mol. The molecule has 0 radical (unpaired) electrons. The first-order valence-corrected chi connectivity index (χ1v) is 11.0. The Bertz CT molecular complexity index is 1140. The molecule has 4 rings (SSSR count). The Labute approximate surface area is 179 Å². The third-order valence-electron chi connectivity index (χ3n) is 3.56.